The SMILES string of the molecule is CCCNCc1c(N2CCCC2C)nc2ccccn12. The molecular formula is C16H24N4. The maximum atomic E-state index is 4.87. The zero-order valence-corrected chi connectivity index (χ0v) is 12.5. The molecule has 2 aromatic rings. The molecule has 20 heavy (non-hydrogen) atoms. The van der Waals surface area contributed by atoms with Crippen molar-refractivity contribution in [3.63, 3.8) is 0 Å². The maximum Gasteiger partial charge on any atom is 0.152 e. The summed E-state index contributed by atoms with van der Waals surface area (Å²) in [6.45, 7) is 7.57. The van der Waals surface area contributed by atoms with Crippen molar-refractivity contribution < 1.29 is 0 Å². The van der Waals surface area contributed by atoms with Gasteiger partial charge in [0.05, 0.1) is 5.69 Å². The van der Waals surface area contributed by atoms with Gasteiger partial charge >= 0.3 is 0 Å². The molecule has 4 heteroatoms. The fraction of sp³-hybridized carbons (Fsp3) is 0.562. The van der Waals surface area contributed by atoms with E-state index < -0.39 is 0 Å². The van der Waals surface area contributed by atoms with Gasteiger partial charge in [-0.3, -0.25) is 0 Å². The Morgan fingerprint density at radius 1 is 1.40 bits per heavy atom. The average molecular weight is 272 g/mol. The molecule has 1 aliphatic heterocycles. The van der Waals surface area contributed by atoms with Crippen molar-refractivity contribution in [2.75, 3.05) is 18.0 Å². The number of hydrogen-bond acceptors (Lipinski definition) is 3. The predicted molar refractivity (Wildman–Crippen MR) is 83.2 cm³/mol. The van der Waals surface area contributed by atoms with Crippen LogP contribution in [0.2, 0.25) is 0 Å². The van der Waals surface area contributed by atoms with Gasteiger partial charge in [-0.25, -0.2) is 4.98 Å². The second kappa shape index (κ2) is 5.83. The van der Waals surface area contributed by atoms with Crippen LogP contribution in [0.3, 0.4) is 0 Å². The number of nitrogens with one attached hydrogen (secondary N) is 1. The molecule has 0 amide bonds. The van der Waals surface area contributed by atoms with Crippen LogP contribution in [0, 0.1) is 0 Å². The molecule has 1 aliphatic rings. The monoisotopic (exact) mass is 272 g/mol. The molecule has 0 aromatic carbocycles. The Balaban J connectivity index is 1.98. The lowest BCUT2D eigenvalue weighted by molar-refractivity contribution is 0.654. The largest absolute Gasteiger partial charge is 0.352 e. The Morgan fingerprint density at radius 2 is 2.30 bits per heavy atom. The first-order valence-electron chi connectivity index (χ1n) is 7.74. The van der Waals surface area contributed by atoms with Crippen molar-refractivity contribution in [1.82, 2.24) is 14.7 Å². The second-order valence-corrected chi connectivity index (χ2v) is 5.67. The van der Waals surface area contributed by atoms with Gasteiger partial charge in [0.2, 0.25) is 0 Å². The van der Waals surface area contributed by atoms with Gasteiger partial charge in [0.1, 0.15) is 5.65 Å². The van der Waals surface area contributed by atoms with Crippen LogP contribution in [-0.2, 0) is 6.54 Å². The van der Waals surface area contributed by atoms with E-state index in [0.717, 1.165) is 31.7 Å². The van der Waals surface area contributed by atoms with E-state index in [0.29, 0.717) is 6.04 Å². The molecule has 0 bridgehead atoms. The molecule has 0 aliphatic carbocycles. The number of nitrogens with zero attached hydrogens (tertiary/aromatic N) is 3. The summed E-state index contributed by atoms with van der Waals surface area (Å²) < 4.78 is 2.23. The lowest BCUT2D eigenvalue weighted by Gasteiger charge is -2.22. The number of anilines is 1. The molecule has 1 saturated heterocycles. The zero-order chi connectivity index (χ0) is 13.9. The van der Waals surface area contributed by atoms with E-state index in [1.807, 2.05) is 0 Å². The third-order valence-electron chi connectivity index (χ3n) is 4.15. The average Bonchev–Trinajstić information content (AvgIpc) is 3.03. The molecule has 1 unspecified atom stereocenters. The van der Waals surface area contributed by atoms with Crippen molar-refractivity contribution in [2.24, 2.45) is 0 Å². The predicted octanol–water partition coefficient (Wildman–Crippen LogP) is 2.82. The standard InChI is InChI=1S/C16H24N4/c1-3-9-17-12-14-16(19-11-6-7-13(19)2)18-15-8-4-5-10-20(14)15/h4-5,8,10,13,17H,3,6-7,9,11-12H2,1-2H3. The van der Waals surface area contributed by atoms with Gasteiger partial charge in [0.25, 0.3) is 0 Å². The highest BCUT2D eigenvalue weighted by molar-refractivity contribution is 5.57. The summed E-state index contributed by atoms with van der Waals surface area (Å²) in [7, 11) is 0. The smallest absolute Gasteiger partial charge is 0.152 e. The van der Waals surface area contributed by atoms with E-state index in [1.54, 1.807) is 0 Å². The van der Waals surface area contributed by atoms with Crippen LogP contribution < -0.4 is 10.2 Å². The van der Waals surface area contributed by atoms with Crippen LogP contribution in [0.5, 0.6) is 0 Å². The van der Waals surface area contributed by atoms with Crippen LogP contribution in [0.1, 0.15) is 38.8 Å². The molecule has 1 N–H and O–H groups in total. The van der Waals surface area contributed by atoms with E-state index in [2.05, 4.69) is 52.9 Å². The first-order valence-corrected chi connectivity index (χ1v) is 7.74. The van der Waals surface area contributed by atoms with E-state index in [1.165, 1.54) is 24.4 Å². The fourth-order valence-corrected chi connectivity index (χ4v) is 3.06. The van der Waals surface area contributed by atoms with Gasteiger partial charge < -0.3 is 14.6 Å². The molecular weight excluding hydrogens is 248 g/mol. The minimum atomic E-state index is 0.602. The second-order valence-electron chi connectivity index (χ2n) is 5.67. The van der Waals surface area contributed by atoms with Crippen LogP contribution in [0.15, 0.2) is 24.4 Å². The van der Waals surface area contributed by atoms with Crippen LogP contribution in [-0.4, -0.2) is 28.5 Å². The Labute approximate surface area is 120 Å². The summed E-state index contributed by atoms with van der Waals surface area (Å²) in [6, 6.07) is 6.83. The van der Waals surface area contributed by atoms with Crippen molar-refractivity contribution in [1.29, 1.82) is 0 Å². The number of fused-ring (bicyclic) bond motifs is 1. The van der Waals surface area contributed by atoms with Gasteiger partial charge in [-0.05, 0) is 44.9 Å². The Hall–Kier alpha value is -1.55. The number of imidazole rings is 1. The summed E-state index contributed by atoms with van der Waals surface area (Å²) >= 11 is 0. The Morgan fingerprint density at radius 3 is 3.05 bits per heavy atom. The topological polar surface area (TPSA) is 32.6 Å². The minimum absolute atomic E-state index is 0.602. The third kappa shape index (κ3) is 2.40. The van der Waals surface area contributed by atoms with E-state index in [9.17, 15) is 0 Å². The molecule has 0 radical (unpaired) electrons. The van der Waals surface area contributed by atoms with Crippen LogP contribution in [0.4, 0.5) is 5.82 Å². The number of aromatic nitrogens is 2. The minimum Gasteiger partial charge on any atom is -0.352 e. The first-order chi connectivity index (χ1) is 9.81. The molecule has 4 nitrogen and oxygen atoms in total. The normalized spacial score (nSPS) is 19.1. The molecule has 0 saturated carbocycles. The summed E-state index contributed by atoms with van der Waals surface area (Å²) in [4.78, 5) is 7.34. The molecule has 1 fully saturated rings. The van der Waals surface area contributed by atoms with Gasteiger partial charge in [0.15, 0.2) is 5.82 Å². The highest BCUT2D eigenvalue weighted by Gasteiger charge is 2.25. The van der Waals surface area contributed by atoms with Gasteiger partial charge in [-0.1, -0.05) is 13.0 Å². The highest BCUT2D eigenvalue weighted by atomic mass is 15.3. The summed E-state index contributed by atoms with van der Waals surface area (Å²) in [6.07, 6.45) is 5.83. The summed E-state index contributed by atoms with van der Waals surface area (Å²) in [5, 5.41) is 3.52. The molecule has 0 spiro atoms. The quantitative estimate of drug-likeness (QED) is 0.850. The number of hydrogen-bond donors (Lipinski definition) is 1. The first kappa shape index (κ1) is 13.4. The van der Waals surface area contributed by atoms with Crippen molar-refractivity contribution >= 4 is 11.5 Å². The van der Waals surface area contributed by atoms with Crippen molar-refractivity contribution in [3.05, 3.63) is 30.1 Å². The maximum absolute atomic E-state index is 4.87. The summed E-state index contributed by atoms with van der Waals surface area (Å²) in [5.74, 6) is 1.17. The number of rotatable bonds is 5. The van der Waals surface area contributed by atoms with Crippen LogP contribution in [0.25, 0.3) is 5.65 Å². The highest BCUT2D eigenvalue weighted by Crippen LogP contribution is 2.28. The zero-order valence-electron chi connectivity index (χ0n) is 12.5. The van der Waals surface area contributed by atoms with Gasteiger partial charge in [0, 0.05) is 25.3 Å². The molecule has 108 valence electrons. The van der Waals surface area contributed by atoms with Crippen molar-refractivity contribution in [3.8, 4) is 0 Å². The number of pyridine rings is 1. The van der Waals surface area contributed by atoms with E-state index >= 15 is 0 Å². The van der Waals surface area contributed by atoms with Crippen LogP contribution >= 0.6 is 0 Å². The lowest BCUT2D eigenvalue weighted by atomic mass is 10.2. The molecule has 2 aromatic heterocycles. The lowest BCUT2D eigenvalue weighted by Crippen LogP contribution is -2.28. The van der Waals surface area contributed by atoms with E-state index in [-0.39, 0.29) is 0 Å². The van der Waals surface area contributed by atoms with Gasteiger partial charge in [-0.15, -0.1) is 0 Å². The fourth-order valence-electron chi connectivity index (χ4n) is 3.06. The Bertz CT molecular complexity index is 575. The third-order valence-corrected chi connectivity index (χ3v) is 4.15. The van der Waals surface area contributed by atoms with Crippen molar-refractivity contribution in [2.45, 2.75) is 45.7 Å². The summed E-state index contributed by atoms with van der Waals surface area (Å²) in [5.41, 5.74) is 2.35. The molecule has 3 rings (SSSR count). The Kier molecular flexibility index (Phi) is 3.92. The van der Waals surface area contributed by atoms with Gasteiger partial charge in [-0.2, -0.15) is 0 Å². The molecule has 3 heterocycles. The van der Waals surface area contributed by atoms with E-state index in [4.69, 9.17) is 4.98 Å². The molecule has 1 atom stereocenters.